The fourth-order valence-corrected chi connectivity index (χ4v) is 2.52. The van der Waals surface area contributed by atoms with Gasteiger partial charge in [-0.15, -0.1) is 0 Å². The van der Waals surface area contributed by atoms with Crippen LogP contribution in [0.1, 0.15) is 18.9 Å². The van der Waals surface area contributed by atoms with Gasteiger partial charge < -0.3 is 5.32 Å². The SMILES string of the molecule is CCCNCc1cncc(-c2cccc3cnccc23)c1. The molecule has 0 spiro atoms. The maximum Gasteiger partial charge on any atom is 0.0346 e. The molecule has 21 heavy (non-hydrogen) atoms. The molecule has 0 aliphatic carbocycles. The number of benzene rings is 1. The van der Waals surface area contributed by atoms with Crippen molar-refractivity contribution < 1.29 is 0 Å². The van der Waals surface area contributed by atoms with Crippen LogP contribution in [0, 0.1) is 0 Å². The molecule has 2 heterocycles. The third-order valence-corrected chi connectivity index (χ3v) is 3.54. The van der Waals surface area contributed by atoms with E-state index in [9.17, 15) is 0 Å². The van der Waals surface area contributed by atoms with Crippen LogP contribution in [-0.4, -0.2) is 16.5 Å². The van der Waals surface area contributed by atoms with Gasteiger partial charge in [0.05, 0.1) is 0 Å². The first-order valence-electron chi connectivity index (χ1n) is 7.36. The summed E-state index contributed by atoms with van der Waals surface area (Å²) in [5, 5.41) is 5.79. The molecule has 3 heteroatoms. The van der Waals surface area contributed by atoms with Gasteiger partial charge in [-0.05, 0) is 41.6 Å². The van der Waals surface area contributed by atoms with Crippen molar-refractivity contribution in [1.29, 1.82) is 0 Å². The average Bonchev–Trinajstić information content (AvgIpc) is 2.55. The Hall–Kier alpha value is -2.26. The van der Waals surface area contributed by atoms with Crippen molar-refractivity contribution in [3.8, 4) is 11.1 Å². The third-order valence-electron chi connectivity index (χ3n) is 3.54. The normalized spacial score (nSPS) is 10.9. The molecule has 0 saturated heterocycles. The molecular formula is C18H19N3. The van der Waals surface area contributed by atoms with Crippen molar-refractivity contribution in [1.82, 2.24) is 15.3 Å². The highest BCUT2D eigenvalue weighted by atomic mass is 14.8. The minimum atomic E-state index is 0.862. The maximum absolute atomic E-state index is 4.39. The van der Waals surface area contributed by atoms with Crippen molar-refractivity contribution in [2.24, 2.45) is 0 Å². The van der Waals surface area contributed by atoms with Crippen molar-refractivity contribution >= 4 is 10.8 Å². The predicted molar refractivity (Wildman–Crippen MR) is 87.0 cm³/mol. The largest absolute Gasteiger partial charge is 0.313 e. The van der Waals surface area contributed by atoms with E-state index in [2.05, 4.69) is 52.5 Å². The van der Waals surface area contributed by atoms with E-state index in [1.807, 2.05) is 24.8 Å². The van der Waals surface area contributed by atoms with Crippen molar-refractivity contribution in [3.05, 3.63) is 60.7 Å². The quantitative estimate of drug-likeness (QED) is 0.721. The van der Waals surface area contributed by atoms with Gasteiger partial charge in [-0.2, -0.15) is 0 Å². The van der Waals surface area contributed by atoms with E-state index < -0.39 is 0 Å². The first-order valence-corrected chi connectivity index (χ1v) is 7.36. The lowest BCUT2D eigenvalue weighted by atomic mass is 10.00. The van der Waals surface area contributed by atoms with Crippen LogP contribution >= 0.6 is 0 Å². The van der Waals surface area contributed by atoms with Crippen LogP contribution in [0.25, 0.3) is 21.9 Å². The van der Waals surface area contributed by atoms with E-state index in [1.54, 1.807) is 0 Å². The second-order valence-electron chi connectivity index (χ2n) is 5.16. The molecule has 0 aliphatic heterocycles. The zero-order chi connectivity index (χ0) is 14.5. The first-order chi connectivity index (χ1) is 10.4. The second-order valence-corrected chi connectivity index (χ2v) is 5.16. The van der Waals surface area contributed by atoms with Crippen LogP contribution in [0.5, 0.6) is 0 Å². The van der Waals surface area contributed by atoms with Crippen LogP contribution in [0.4, 0.5) is 0 Å². The zero-order valence-electron chi connectivity index (χ0n) is 12.2. The molecule has 3 nitrogen and oxygen atoms in total. The molecule has 3 rings (SSSR count). The fourth-order valence-electron chi connectivity index (χ4n) is 2.52. The molecule has 0 fully saturated rings. The highest BCUT2D eigenvalue weighted by Crippen LogP contribution is 2.27. The Morgan fingerprint density at radius 2 is 2.00 bits per heavy atom. The minimum Gasteiger partial charge on any atom is -0.313 e. The van der Waals surface area contributed by atoms with Crippen LogP contribution in [0.15, 0.2) is 55.1 Å². The second kappa shape index (κ2) is 6.46. The van der Waals surface area contributed by atoms with E-state index in [4.69, 9.17) is 0 Å². The molecule has 2 aromatic heterocycles. The summed E-state index contributed by atoms with van der Waals surface area (Å²) in [5.74, 6) is 0. The number of nitrogens with one attached hydrogen (secondary N) is 1. The van der Waals surface area contributed by atoms with Crippen molar-refractivity contribution in [2.75, 3.05) is 6.54 Å². The number of hydrogen-bond acceptors (Lipinski definition) is 3. The van der Waals surface area contributed by atoms with Crippen LogP contribution < -0.4 is 5.32 Å². The lowest BCUT2D eigenvalue weighted by Crippen LogP contribution is -2.13. The Morgan fingerprint density at radius 1 is 1.05 bits per heavy atom. The Labute approximate surface area is 125 Å². The number of hydrogen-bond donors (Lipinski definition) is 1. The lowest BCUT2D eigenvalue weighted by Gasteiger charge is -2.08. The van der Waals surface area contributed by atoms with Gasteiger partial charge in [-0.3, -0.25) is 9.97 Å². The Balaban J connectivity index is 1.97. The van der Waals surface area contributed by atoms with E-state index in [-0.39, 0.29) is 0 Å². The summed E-state index contributed by atoms with van der Waals surface area (Å²) in [4.78, 5) is 8.58. The van der Waals surface area contributed by atoms with Crippen LogP contribution in [-0.2, 0) is 6.54 Å². The summed E-state index contributed by atoms with van der Waals surface area (Å²) in [5.41, 5.74) is 3.58. The van der Waals surface area contributed by atoms with Gasteiger partial charge >= 0.3 is 0 Å². The van der Waals surface area contributed by atoms with E-state index in [0.29, 0.717) is 0 Å². The van der Waals surface area contributed by atoms with Gasteiger partial charge in [0.15, 0.2) is 0 Å². The van der Waals surface area contributed by atoms with Crippen LogP contribution in [0.2, 0.25) is 0 Å². The summed E-state index contributed by atoms with van der Waals surface area (Å²) < 4.78 is 0. The number of rotatable bonds is 5. The van der Waals surface area contributed by atoms with Crippen LogP contribution in [0.3, 0.4) is 0 Å². The lowest BCUT2D eigenvalue weighted by molar-refractivity contribution is 0.674. The summed E-state index contributed by atoms with van der Waals surface area (Å²) in [6, 6.07) is 10.6. The molecule has 1 N–H and O–H groups in total. The molecule has 0 atom stereocenters. The Bertz CT molecular complexity index is 732. The monoisotopic (exact) mass is 277 g/mol. The number of nitrogens with zero attached hydrogens (tertiary/aromatic N) is 2. The molecule has 3 aromatic rings. The van der Waals surface area contributed by atoms with Gasteiger partial charge in [0.2, 0.25) is 0 Å². The molecule has 0 bridgehead atoms. The Morgan fingerprint density at radius 3 is 2.90 bits per heavy atom. The van der Waals surface area contributed by atoms with Gasteiger partial charge in [0, 0.05) is 42.3 Å². The van der Waals surface area contributed by atoms with Gasteiger partial charge in [0.25, 0.3) is 0 Å². The van der Waals surface area contributed by atoms with E-state index >= 15 is 0 Å². The number of pyridine rings is 2. The average molecular weight is 277 g/mol. The highest BCUT2D eigenvalue weighted by Gasteiger charge is 2.05. The van der Waals surface area contributed by atoms with Gasteiger partial charge in [0.1, 0.15) is 0 Å². The summed E-state index contributed by atoms with van der Waals surface area (Å²) in [6.07, 6.45) is 8.74. The van der Waals surface area contributed by atoms with E-state index in [1.165, 1.54) is 16.5 Å². The molecular weight excluding hydrogens is 258 g/mol. The molecule has 0 amide bonds. The smallest absolute Gasteiger partial charge is 0.0346 e. The molecule has 0 radical (unpaired) electrons. The molecule has 1 aromatic carbocycles. The third kappa shape index (κ3) is 3.09. The van der Waals surface area contributed by atoms with E-state index in [0.717, 1.165) is 30.5 Å². The van der Waals surface area contributed by atoms with Crippen molar-refractivity contribution in [3.63, 3.8) is 0 Å². The summed E-state index contributed by atoms with van der Waals surface area (Å²) in [6.45, 7) is 4.07. The molecule has 0 saturated carbocycles. The molecule has 106 valence electrons. The number of fused-ring (bicyclic) bond motifs is 1. The number of aromatic nitrogens is 2. The Kier molecular flexibility index (Phi) is 4.22. The topological polar surface area (TPSA) is 37.8 Å². The fraction of sp³-hybridized carbons (Fsp3) is 0.222. The zero-order valence-corrected chi connectivity index (χ0v) is 12.2. The molecule has 0 aliphatic rings. The van der Waals surface area contributed by atoms with Gasteiger partial charge in [-0.1, -0.05) is 25.1 Å². The van der Waals surface area contributed by atoms with Gasteiger partial charge in [-0.25, -0.2) is 0 Å². The predicted octanol–water partition coefficient (Wildman–Crippen LogP) is 3.80. The maximum atomic E-state index is 4.39. The standard InChI is InChI=1S/C18H19N3/c1-2-7-19-10-14-9-16(13-21-11-14)17-5-3-4-15-12-20-8-6-18(15)17/h3-6,8-9,11-13,19H,2,7,10H2,1H3. The summed E-state index contributed by atoms with van der Waals surface area (Å²) in [7, 11) is 0. The van der Waals surface area contributed by atoms with Crippen molar-refractivity contribution in [2.45, 2.75) is 19.9 Å². The first kappa shape index (κ1) is 13.7. The summed E-state index contributed by atoms with van der Waals surface area (Å²) >= 11 is 0. The molecule has 0 unspecified atom stereocenters. The highest BCUT2D eigenvalue weighted by molar-refractivity contribution is 5.95. The minimum absolute atomic E-state index is 0.862.